The van der Waals surface area contributed by atoms with Gasteiger partial charge in [-0.3, -0.25) is 0 Å². The number of hydrogen-bond donors (Lipinski definition) is 1. The van der Waals surface area contributed by atoms with Gasteiger partial charge < -0.3 is 0 Å². The molecule has 0 aliphatic carbocycles. The van der Waals surface area contributed by atoms with Crippen molar-refractivity contribution in [2.75, 3.05) is 11.2 Å². The third-order valence-electron chi connectivity index (χ3n) is 4.99. The van der Waals surface area contributed by atoms with Crippen molar-refractivity contribution >= 4 is 21.1 Å². The van der Waals surface area contributed by atoms with Crippen molar-refractivity contribution < 1.29 is 4.74 Å². The Bertz CT molecular complexity index is 254. The summed E-state index contributed by atoms with van der Waals surface area (Å²) in [4.78, 5) is 0. The molecule has 0 rings (SSSR count). The first kappa shape index (κ1) is 23.7. The summed E-state index contributed by atoms with van der Waals surface area (Å²) < 4.78 is 7.79. The summed E-state index contributed by atoms with van der Waals surface area (Å²) in [5, 5.41) is 0. The van der Waals surface area contributed by atoms with Crippen LogP contribution in [0.2, 0.25) is 3.43 Å². The molecule has 0 aliphatic heterocycles. The van der Waals surface area contributed by atoms with Gasteiger partial charge in [-0.05, 0) is 0 Å². The van der Waals surface area contributed by atoms with E-state index >= 15 is 0 Å². The number of unbranched alkanes of at least 4 members (excludes halogenated alkanes) is 3. The molecule has 2 nitrogen and oxygen atoms in total. The molecule has 0 aromatic heterocycles. The summed E-state index contributed by atoms with van der Waals surface area (Å²) in [6, 6.07) is 0.151. The molecule has 2 radical (unpaired) electrons. The summed E-state index contributed by atoms with van der Waals surface area (Å²) in [7, 11) is 0. The molecule has 0 amide bonds. The first-order valence-electron chi connectivity index (χ1n) is 9.89. The summed E-state index contributed by atoms with van der Waals surface area (Å²) in [6.07, 6.45) is 12.5. The fraction of sp³-hybridized carbons (Fsp3) is 1.00. The summed E-state index contributed by atoms with van der Waals surface area (Å²) in [5.41, 5.74) is 6.38. The molecule has 3 heteroatoms. The number of nitrogens with two attached hydrogens (primary N) is 1. The number of rotatable bonds is 14. The SMILES string of the molecule is CCCC[C](CCCC)(CCCC)[Sn][CH2]OC[C@@H](N)C(C)(C)C. The Kier molecular flexibility index (Phi) is 13.4. The third-order valence-corrected chi connectivity index (χ3v) is 10.3. The Labute approximate surface area is 156 Å². The maximum absolute atomic E-state index is 6.24. The summed E-state index contributed by atoms with van der Waals surface area (Å²) in [5.74, 6) is 0. The van der Waals surface area contributed by atoms with Gasteiger partial charge >= 0.3 is 157 Å². The van der Waals surface area contributed by atoms with E-state index < -0.39 is 21.1 Å². The van der Waals surface area contributed by atoms with Gasteiger partial charge in [0.2, 0.25) is 0 Å². The average molecular weight is 432 g/mol. The summed E-state index contributed by atoms with van der Waals surface area (Å²) >= 11 is -0.525. The van der Waals surface area contributed by atoms with E-state index in [1.54, 1.807) is 0 Å². The molecule has 0 aliphatic rings. The van der Waals surface area contributed by atoms with E-state index in [-0.39, 0.29) is 11.5 Å². The molecule has 0 aromatic carbocycles. The van der Waals surface area contributed by atoms with Crippen LogP contribution in [0.4, 0.5) is 0 Å². The Balaban J connectivity index is 4.51. The van der Waals surface area contributed by atoms with Crippen LogP contribution in [-0.2, 0) is 4.74 Å². The zero-order valence-electron chi connectivity index (χ0n) is 16.8. The Morgan fingerprint density at radius 2 is 1.30 bits per heavy atom. The van der Waals surface area contributed by atoms with Crippen LogP contribution >= 0.6 is 0 Å². The fourth-order valence-electron chi connectivity index (χ4n) is 2.83. The molecule has 0 saturated carbocycles. The maximum atomic E-state index is 6.24. The van der Waals surface area contributed by atoms with E-state index in [1.807, 2.05) is 0 Å². The zero-order chi connectivity index (χ0) is 17.8. The molecule has 0 aromatic rings. The minimum absolute atomic E-state index is 0.148. The van der Waals surface area contributed by atoms with Gasteiger partial charge in [-0.2, -0.15) is 0 Å². The second-order valence-electron chi connectivity index (χ2n) is 8.26. The quantitative estimate of drug-likeness (QED) is 0.280. The van der Waals surface area contributed by atoms with Crippen LogP contribution in [0.25, 0.3) is 0 Å². The van der Waals surface area contributed by atoms with E-state index in [1.165, 1.54) is 57.8 Å². The molecular formula is C20H43NOSn. The van der Waals surface area contributed by atoms with Gasteiger partial charge in [0.05, 0.1) is 0 Å². The second kappa shape index (κ2) is 13.0. The molecule has 0 saturated heterocycles. The third kappa shape index (κ3) is 11.0. The fourth-order valence-corrected chi connectivity index (χ4v) is 7.35. The van der Waals surface area contributed by atoms with Gasteiger partial charge in [-0.1, -0.05) is 0 Å². The molecule has 2 N–H and O–H groups in total. The van der Waals surface area contributed by atoms with Crippen LogP contribution in [0, 0.1) is 5.41 Å². The van der Waals surface area contributed by atoms with E-state index in [0.29, 0.717) is 3.43 Å². The van der Waals surface area contributed by atoms with Gasteiger partial charge in [0.1, 0.15) is 0 Å². The van der Waals surface area contributed by atoms with Crippen molar-refractivity contribution in [3.8, 4) is 0 Å². The van der Waals surface area contributed by atoms with Gasteiger partial charge in [0.15, 0.2) is 0 Å². The molecule has 0 spiro atoms. The van der Waals surface area contributed by atoms with Crippen LogP contribution in [0.1, 0.15) is 99.3 Å². The van der Waals surface area contributed by atoms with Crippen molar-refractivity contribution in [3.05, 3.63) is 0 Å². The van der Waals surface area contributed by atoms with E-state index in [0.717, 1.165) is 11.2 Å². The predicted octanol–water partition coefficient (Wildman–Crippen LogP) is 5.77. The van der Waals surface area contributed by atoms with Crippen molar-refractivity contribution in [2.24, 2.45) is 11.1 Å². The summed E-state index contributed by atoms with van der Waals surface area (Å²) in [6.45, 7) is 14.3. The molecule has 1 atom stereocenters. The Morgan fingerprint density at radius 3 is 1.65 bits per heavy atom. The standard InChI is InChI=1S/C13H27.C7H16NO.Sn/c1-4-7-10-13(11-8-5-2)12-9-6-3;1-7(2,3)6(8)5-9-4;/h4-12H2,1-3H3;6H,4-5,8H2,1-3H3;/t;6-;/m.1./s1. The monoisotopic (exact) mass is 433 g/mol. The molecule has 0 unspecified atom stereocenters. The van der Waals surface area contributed by atoms with E-state index in [2.05, 4.69) is 41.5 Å². The van der Waals surface area contributed by atoms with Crippen molar-refractivity contribution in [1.29, 1.82) is 0 Å². The van der Waals surface area contributed by atoms with Crippen LogP contribution in [0.15, 0.2) is 0 Å². The first-order chi connectivity index (χ1) is 10.8. The van der Waals surface area contributed by atoms with Gasteiger partial charge in [-0.25, -0.2) is 0 Å². The number of ether oxygens (including phenoxy) is 1. The second-order valence-corrected chi connectivity index (χ2v) is 13.1. The first-order valence-corrected chi connectivity index (χ1v) is 13.3. The van der Waals surface area contributed by atoms with Crippen molar-refractivity contribution in [1.82, 2.24) is 0 Å². The van der Waals surface area contributed by atoms with Crippen LogP contribution in [0.5, 0.6) is 0 Å². The van der Waals surface area contributed by atoms with Crippen LogP contribution < -0.4 is 5.73 Å². The minimum atomic E-state index is -0.525. The van der Waals surface area contributed by atoms with Crippen molar-refractivity contribution in [2.45, 2.75) is 109 Å². The zero-order valence-corrected chi connectivity index (χ0v) is 19.7. The van der Waals surface area contributed by atoms with Gasteiger partial charge in [0.25, 0.3) is 0 Å². The molecule has 0 fully saturated rings. The molecule has 23 heavy (non-hydrogen) atoms. The van der Waals surface area contributed by atoms with Crippen LogP contribution in [0.3, 0.4) is 0 Å². The van der Waals surface area contributed by atoms with Crippen LogP contribution in [-0.4, -0.2) is 38.4 Å². The molecule has 138 valence electrons. The van der Waals surface area contributed by atoms with E-state index in [4.69, 9.17) is 10.5 Å². The molecule has 0 heterocycles. The molecule has 0 bridgehead atoms. The van der Waals surface area contributed by atoms with Gasteiger partial charge in [-0.15, -0.1) is 0 Å². The Hall–Kier alpha value is 0.719. The molecular weight excluding hydrogens is 389 g/mol. The predicted molar refractivity (Wildman–Crippen MR) is 105 cm³/mol. The normalized spacial score (nSPS) is 14.2. The van der Waals surface area contributed by atoms with Gasteiger partial charge in [0, 0.05) is 0 Å². The van der Waals surface area contributed by atoms with E-state index in [9.17, 15) is 0 Å². The Morgan fingerprint density at radius 1 is 0.870 bits per heavy atom. The topological polar surface area (TPSA) is 35.2 Å². The number of hydrogen-bond acceptors (Lipinski definition) is 2. The average Bonchev–Trinajstić information content (AvgIpc) is 2.51. The van der Waals surface area contributed by atoms with Crippen molar-refractivity contribution in [3.63, 3.8) is 0 Å².